The number of halogens is 1. The highest BCUT2D eigenvalue weighted by atomic mass is 79.9. The third-order valence-corrected chi connectivity index (χ3v) is 3.53. The first-order chi connectivity index (χ1) is 8.34. The summed E-state index contributed by atoms with van der Waals surface area (Å²) in [6.07, 6.45) is 8.07. The number of rotatable bonds is 5. The van der Waals surface area contributed by atoms with E-state index in [1.54, 1.807) is 6.20 Å². The van der Waals surface area contributed by atoms with E-state index in [1.165, 1.54) is 32.2 Å². The highest BCUT2D eigenvalue weighted by Crippen LogP contribution is 2.14. The third-order valence-electron chi connectivity index (χ3n) is 3.06. The summed E-state index contributed by atoms with van der Waals surface area (Å²) >= 11 is 3.35. The van der Waals surface area contributed by atoms with Crippen molar-refractivity contribution in [2.45, 2.75) is 38.1 Å². The molecule has 0 aromatic carbocycles. The maximum absolute atomic E-state index is 5.59. The SMILES string of the molecule is Brc1ccc(OCCC[C@@H]2CCCCN2)nc1. The van der Waals surface area contributed by atoms with Crippen molar-refractivity contribution in [1.82, 2.24) is 10.3 Å². The van der Waals surface area contributed by atoms with Gasteiger partial charge in [-0.15, -0.1) is 0 Å². The lowest BCUT2D eigenvalue weighted by Gasteiger charge is -2.23. The quantitative estimate of drug-likeness (QED) is 0.848. The number of aromatic nitrogens is 1. The van der Waals surface area contributed by atoms with E-state index < -0.39 is 0 Å². The van der Waals surface area contributed by atoms with E-state index in [1.807, 2.05) is 12.1 Å². The average molecular weight is 299 g/mol. The summed E-state index contributed by atoms with van der Waals surface area (Å²) in [6, 6.07) is 4.54. The van der Waals surface area contributed by atoms with E-state index >= 15 is 0 Å². The lowest BCUT2D eigenvalue weighted by Crippen LogP contribution is -2.34. The zero-order chi connectivity index (χ0) is 11.9. The molecule has 1 aromatic heterocycles. The number of hydrogen-bond donors (Lipinski definition) is 1. The van der Waals surface area contributed by atoms with Crippen molar-refractivity contribution >= 4 is 15.9 Å². The lowest BCUT2D eigenvalue weighted by atomic mass is 10.0. The van der Waals surface area contributed by atoms with Gasteiger partial charge < -0.3 is 10.1 Å². The molecule has 1 saturated heterocycles. The third kappa shape index (κ3) is 4.64. The van der Waals surface area contributed by atoms with Gasteiger partial charge in [0.25, 0.3) is 0 Å². The zero-order valence-electron chi connectivity index (χ0n) is 9.99. The Kier molecular flexibility index (Phi) is 5.26. The van der Waals surface area contributed by atoms with E-state index in [9.17, 15) is 0 Å². The molecule has 4 heteroatoms. The highest BCUT2D eigenvalue weighted by Gasteiger charge is 2.11. The summed E-state index contributed by atoms with van der Waals surface area (Å²) in [5.41, 5.74) is 0. The topological polar surface area (TPSA) is 34.1 Å². The van der Waals surface area contributed by atoms with Crippen molar-refractivity contribution in [3.05, 3.63) is 22.8 Å². The Morgan fingerprint density at radius 2 is 2.35 bits per heavy atom. The second-order valence-electron chi connectivity index (χ2n) is 4.45. The number of pyridine rings is 1. The van der Waals surface area contributed by atoms with E-state index in [0.29, 0.717) is 11.9 Å². The first kappa shape index (κ1) is 12.8. The van der Waals surface area contributed by atoms with Gasteiger partial charge >= 0.3 is 0 Å². The van der Waals surface area contributed by atoms with Crippen LogP contribution in [0.5, 0.6) is 5.88 Å². The van der Waals surface area contributed by atoms with E-state index in [0.717, 1.165) is 17.5 Å². The number of piperidine rings is 1. The number of ether oxygens (including phenoxy) is 1. The van der Waals surface area contributed by atoms with Crippen molar-refractivity contribution in [3.63, 3.8) is 0 Å². The van der Waals surface area contributed by atoms with Crippen LogP contribution in [-0.2, 0) is 0 Å². The van der Waals surface area contributed by atoms with E-state index in [4.69, 9.17) is 4.74 Å². The Hall–Kier alpha value is -0.610. The van der Waals surface area contributed by atoms with Crippen LogP contribution >= 0.6 is 15.9 Å². The molecule has 1 aliphatic heterocycles. The molecular weight excluding hydrogens is 280 g/mol. The second-order valence-corrected chi connectivity index (χ2v) is 5.37. The molecule has 1 N–H and O–H groups in total. The normalized spacial score (nSPS) is 20.2. The maximum atomic E-state index is 5.59. The van der Waals surface area contributed by atoms with Crippen molar-refractivity contribution < 1.29 is 4.74 Å². The van der Waals surface area contributed by atoms with E-state index in [-0.39, 0.29) is 0 Å². The fourth-order valence-corrected chi connectivity index (χ4v) is 2.36. The highest BCUT2D eigenvalue weighted by molar-refractivity contribution is 9.10. The van der Waals surface area contributed by atoms with Crippen LogP contribution in [0.4, 0.5) is 0 Å². The van der Waals surface area contributed by atoms with Gasteiger partial charge in [-0.1, -0.05) is 6.42 Å². The zero-order valence-corrected chi connectivity index (χ0v) is 11.6. The molecule has 0 amide bonds. The van der Waals surface area contributed by atoms with Crippen LogP contribution in [0.15, 0.2) is 22.8 Å². The van der Waals surface area contributed by atoms with Crippen LogP contribution in [0.25, 0.3) is 0 Å². The Morgan fingerprint density at radius 3 is 3.06 bits per heavy atom. The average Bonchev–Trinajstić information content (AvgIpc) is 2.38. The van der Waals surface area contributed by atoms with Gasteiger partial charge in [-0.2, -0.15) is 0 Å². The van der Waals surface area contributed by atoms with Crippen LogP contribution in [0.1, 0.15) is 32.1 Å². The first-order valence-corrected chi connectivity index (χ1v) is 7.11. The fourth-order valence-electron chi connectivity index (χ4n) is 2.12. The van der Waals surface area contributed by atoms with Gasteiger partial charge in [0, 0.05) is 22.8 Å². The molecule has 1 fully saturated rings. The van der Waals surface area contributed by atoms with Gasteiger partial charge in [-0.25, -0.2) is 4.98 Å². The maximum Gasteiger partial charge on any atom is 0.213 e. The number of nitrogens with one attached hydrogen (secondary N) is 1. The Bertz CT molecular complexity index is 323. The van der Waals surface area contributed by atoms with Gasteiger partial charge in [0.1, 0.15) is 0 Å². The molecule has 94 valence electrons. The molecule has 0 bridgehead atoms. The molecule has 1 atom stereocenters. The Morgan fingerprint density at radius 1 is 1.41 bits per heavy atom. The summed E-state index contributed by atoms with van der Waals surface area (Å²) in [5.74, 6) is 0.713. The predicted molar refractivity (Wildman–Crippen MR) is 72.3 cm³/mol. The molecule has 17 heavy (non-hydrogen) atoms. The molecule has 1 aliphatic rings. The Labute approximate surface area is 111 Å². The van der Waals surface area contributed by atoms with Crippen LogP contribution in [0.3, 0.4) is 0 Å². The minimum Gasteiger partial charge on any atom is -0.478 e. The molecule has 3 nitrogen and oxygen atoms in total. The largest absolute Gasteiger partial charge is 0.478 e. The number of hydrogen-bond acceptors (Lipinski definition) is 3. The van der Waals surface area contributed by atoms with Crippen LogP contribution in [0, 0.1) is 0 Å². The van der Waals surface area contributed by atoms with Crippen molar-refractivity contribution in [1.29, 1.82) is 0 Å². The van der Waals surface area contributed by atoms with Crippen molar-refractivity contribution in [2.75, 3.05) is 13.2 Å². The van der Waals surface area contributed by atoms with E-state index in [2.05, 4.69) is 26.2 Å². The second kappa shape index (κ2) is 6.97. The standard InChI is InChI=1S/C13H19BrN2O/c14-11-6-7-13(16-10-11)17-9-3-5-12-4-1-2-8-15-12/h6-7,10,12,15H,1-5,8-9H2/t12-/m0/s1. The number of nitrogens with zero attached hydrogens (tertiary/aromatic N) is 1. The monoisotopic (exact) mass is 298 g/mol. The molecule has 1 aromatic rings. The van der Waals surface area contributed by atoms with Gasteiger partial charge in [0.15, 0.2) is 0 Å². The summed E-state index contributed by atoms with van der Waals surface area (Å²) in [5, 5.41) is 3.55. The minimum absolute atomic E-state index is 0.699. The van der Waals surface area contributed by atoms with Crippen LogP contribution < -0.4 is 10.1 Å². The molecule has 0 unspecified atom stereocenters. The van der Waals surface area contributed by atoms with Crippen LogP contribution in [0.2, 0.25) is 0 Å². The minimum atomic E-state index is 0.699. The molecule has 2 heterocycles. The summed E-state index contributed by atoms with van der Waals surface area (Å²) in [4.78, 5) is 4.18. The molecule has 2 rings (SSSR count). The molecular formula is C13H19BrN2O. The molecule has 0 spiro atoms. The molecule has 0 aliphatic carbocycles. The summed E-state index contributed by atoms with van der Waals surface area (Å²) < 4.78 is 6.57. The fraction of sp³-hybridized carbons (Fsp3) is 0.615. The smallest absolute Gasteiger partial charge is 0.213 e. The first-order valence-electron chi connectivity index (χ1n) is 6.32. The van der Waals surface area contributed by atoms with Gasteiger partial charge in [-0.05, 0) is 54.2 Å². The van der Waals surface area contributed by atoms with Crippen molar-refractivity contribution in [3.8, 4) is 5.88 Å². The summed E-state index contributed by atoms with van der Waals surface area (Å²) in [7, 11) is 0. The Balaban J connectivity index is 1.60. The lowest BCUT2D eigenvalue weighted by molar-refractivity contribution is 0.276. The van der Waals surface area contributed by atoms with Gasteiger partial charge in [0.2, 0.25) is 5.88 Å². The van der Waals surface area contributed by atoms with Crippen molar-refractivity contribution in [2.24, 2.45) is 0 Å². The predicted octanol–water partition coefficient (Wildman–Crippen LogP) is 3.15. The van der Waals surface area contributed by atoms with Crippen LogP contribution in [-0.4, -0.2) is 24.2 Å². The molecule has 0 radical (unpaired) electrons. The van der Waals surface area contributed by atoms with Gasteiger partial charge in [0.05, 0.1) is 6.61 Å². The van der Waals surface area contributed by atoms with Gasteiger partial charge in [-0.3, -0.25) is 0 Å². The summed E-state index contributed by atoms with van der Waals surface area (Å²) in [6.45, 7) is 1.94. The molecule has 0 saturated carbocycles.